The van der Waals surface area contributed by atoms with E-state index in [9.17, 15) is 4.79 Å². The van der Waals surface area contributed by atoms with Gasteiger partial charge in [0.2, 0.25) is 5.89 Å². The molecule has 0 unspecified atom stereocenters. The number of halogens is 1. The Balaban J connectivity index is 2.37. The molecule has 2 heterocycles. The molecule has 2 aromatic rings. The molecule has 0 atom stereocenters. The van der Waals surface area contributed by atoms with Crippen LogP contribution >= 0.6 is 15.9 Å². The van der Waals surface area contributed by atoms with Gasteiger partial charge in [-0.1, -0.05) is 0 Å². The van der Waals surface area contributed by atoms with Gasteiger partial charge in [-0.15, -0.1) is 0 Å². The number of nitrogens with zero attached hydrogens (tertiary/aromatic N) is 3. The van der Waals surface area contributed by atoms with Crippen molar-refractivity contribution in [2.45, 2.75) is 27.3 Å². The molecule has 0 N–H and O–H groups in total. The smallest absolute Gasteiger partial charge is 0.268 e. The Morgan fingerprint density at radius 1 is 1.35 bits per heavy atom. The summed E-state index contributed by atoms with van der Waals surface area (Å²) in [5.41, 5.74) is 1.38. The SMILES string of the molecule is Cc1nc(Cn2cnc(C)c(Br)c2=O)oc1C. The van der Waals surface area contributed by atoms with Crippen LogP contribution in [0.15, 0.2) is 20.0 Å². The second kappa shape index (κ2) is 4.44. The zero-order chi connectivity index (χ0) is 12.6. The monoisotopic (exact) mass is 297 g/mol. The maximum Gasteiger partial charge on any atom is 0.268 e. The minimum absolute atomic E-state index is 0.133. The Labute approximate surface area is 107 Å². The van der Waals surface area contributed by atoms with Crippen molar-refractivity contribution in [3.8, 4) is 0 Å². The first kappa shape index (κ1) is 12.0. The van der Waals surface area contributed by atoms with Crippen LogP contribution in [-0.2, 0) is 6.54 Å². The van der Waals surface area contributed by atoms with E-state index in [-0.39, 0.29) is 5.56 Å². The molecule has 5 nitrogen and oxygen atoms in total. The van der Waals surface area contributed by atoms with E-state index in [1.807, 2.05) is 13.8 Å². The van der Waals surface area contributed by atoms with Crippen LogP contribution in [0.25, 0.3) is 0 Å². The lowest BCUT2D eigenvalue weighted by Crippen LogP contribution is -2.22. The summed E-state index contributed by atoms with van der Waals surface area (Å²) >= 11 is 3.22. The molecule has 0 aliphatic heterocycles. The number of hydrogen-bond donors (Lipinski definition) is 0. The van der Waals surface area contributed by atoms with E-state index >= 15 is 0 Å². The topological polar surface area (TPSA) is 60.9 Å². The Hall–Kier alpha value is -1.43. The van der Waals surface area contributed by atoms with Crippen LogP contribution in [0.5, 0.6) is 0 Å². The van der Waals surface area contributed by atoms with Gasteiger partial charge in [0.15, 0.2) is 0 Å². The molecule has 0 fully saturated rings. The molecule has 0 spiro atoms. The maximum absolute atomic E-state index is 11.9. The van der Waals surface area contributed by atoms with Crippen molar-refractivity contribution in [2.24, 2.45) is 0 Å². The third kappa shape index (κ3) is 2.31. The van der Waals surface area contributed by atoms with Gasteiger partial charge >= 0.3 is 0 Å². The Morgan fingerprint density at radius 3 is 2.65 bits per heavy atom. The third-order valence-corrected chi connectivity index (χ3v) is 3.45. The minimum Gasteiger partial charge on any atom is -0.444 e. The highest BCUT2D eigenvalue weighted by molar-refractivity contribution is 9.10. The molecular weight excluding hydrogens is 286 g/mol. The summed E-state index contributed by atoms with van der Waals surface area (Å²) in [7, 11) is 0. The Morgan fingerprint density at radius 2 is 2.06 bits per heavy atom. The van der Waals surface area contributed by atoms with E-state index < -0.39 is 0 Å². The van der Waals surface area contributed by atoms with Crippen molar-refractivity contribution in [1.29, 1.82) is 0 Å². The summed E-state index contributed by atoms with van der Waals surface area (Å²) in [6.45, 7) is 5.78. The van der Waals surface area contributed by atoms with Crippen LogP contribution in [-0.4, -0.2) is 14.5 Å². The second-order valence-corrected chi connectivity index (χ2v) is 4.62. The lowest BCUT2D eigenvalue weighted by atomic mass is 10.4. The lowest BCUT2D eigenvalue weighted by molar-refractivity contribution is 0.452. The van der Waals surface area contributed by atoms with Crippen molar-refractivity contribution in [3.63, 3.8) is 0 Å². The molecule has 90 valence electrons. The second-order valence-electron chi connectivity index (χ2n) is 3.83. The highest BCUT2D eigenvalue weighted by Crippen LogP contribution is 2.10. The summed E-state index contributed by atoms with van der Waals surface area (Å²) in [5.74, 6) is 1.28. The Bertz CT molecular complexity index is 596. The molecule has 2 rings (SSSR count). The van der Waals surface area contributed by atoms with E-state index in [4.69, 9.17) is 4.42 Å². The van der Waals surface area contributed by atoms with Crippen molar-refractivity contribution >= 4 is 15.9 Å². The molecule has 0 aliphatic carbocycles. The standard InChI is InChI=1S/C11H12BrN3O2/c1-6-8(3)17-9(14-6)4-15-5-13-7(2)10(12)11(15)16/h5H,4H2,1-3H3. The molecule has 0 aromatic carbocycles. The molecule has 0 saturated heterocycles. The van der Waals surface area contributed by atoms with Crippen LogP contribution in [0.2, 0.25) is 0 Å². The van der Waals surface area contributed by atoms with Gasteiger partial charge in [0, 0.05) is 0 Å². The molecule has 6 heteroatoms. The first-order valence-corrected chi connectivity index (χ1v) is 5.92. The van der Waals surface area contributed by atoms with Crippen molar-refractivity contribution < 1.29 is 4.42 Å². The highest BCUT2D eigenvalue weighted by atomic mass is 79.9. The van der Waals surface area contributed by atoms with Gasteiger partial charge in [0.05, 0.1) is 17.7 Å². The summed E-state index contributed by atoms with van der Waals surface area (Å²) in [5, 5.41) is 0. The number of aryl methyl sites for hydroxylation is 3. The molecule has 0 aliphatic rings. The highest BCUT2D eigenvalue weighted by Gasteiger charge is 2.10. The van der Waals surface area contributed by atoms with Crippen LogP contribution in [0.1, 0.15) is 23.0 Å². The van der Waals surface area contributed by atoms with Gasteiger partial charge in [-0.2, -0.15) is 0 Å². The minimum atomic E-state index is -0.133. The van der Waals surface area contributed by atoms with E-state index in [0.717, 1.165) is 11.5 Å². The fraction of sp³-hybridized carbons (Fsp3) is 0.364. The maximum atomic E-state index is 11.9. The van der Waals surface area contributed by atoms with E-state index in [1.165, 1.54) is 10.9 Å². The molecule has 0 radical (unpaired) electrons. The summed E-state index contributed by atoms with van der Waals surface area (Å²) in [6, 6.07) is 0. The fourth-order valence-corrected chi connectivity index (χ4v) is 1.74. The third-order valence-electron chi connectivity index (χ3n) is 2.54. The van der Waals surface area contributed by atoms with Crippen LogP contribution in [0.3, 0.4) is 0 Å². The molecule has 0 saturated carbocycles. The summed E-state index contributed by atoms with van der Waals surface area (Å²) < 4.78 is 7.36. The summed E-state index contributed by atoms with van der Waals surface area (Å²) in [4.78, 5) is 20.2. The zero-order valence-corrected chi connectivity index (χ0v) is 11.4. The largest absolute Gasteiger partial charge is 0.444 e. The number of hydrogen-bond acceptors (Lipinski definition) is 4. The first-order valence-electron chi connectivity index (χ1n) is 5.13. The average Bonchev–Trinajstić information content (AvgIpc) is 2.59. The molecule has 0 amide bonds. The van der Waals surface area contributed by atoms with Crippen molar-refractivity contribution in [1.82, 2.24) is 14.5 Å². The number of rotatable bonds is 2. The Kier molecular flexibility index (Phi) is 3.15. The molecule has 2 aromatic heterocycles. The van der Waals surface area contributed by atoms with E-state index in [1.54, 1.807) is 6.92 Å². The van der Waals surface area contributed by atoms with Gasteiger partial charge in [0.25, 0.3) is 5.56 Å². The zero-order valence-electron chi connectivity index (χ0n) is 9.82. The number of oxazole rings is 1. The fourth-order valence-electron chi connectivity index (χ4n) is 1.41. The average molecular weight is 298 g/mol. The van der Waals surface area contributed by atoms with Gasteiger partial charge in [0.1, 0.15) is 16.8 Å². The molecular formula is C11H12BrN3O2. The quantitative estimate of drug-likeness (QED) is 0.850. The van der Waals surface area contributed by atoms with Gasteiger partial charge in [-0.25, -0.2) is 9.97 Å². The lowest BCUT2D eigenvalue weighted by Gasteiger charge is -2.03. The molecule has 17 heavy (non-hydrogen) atoms. The van der Waals surface area contributed by atoms with E-state index in [2.05, 4.69) is 25.9 Å². The first-order chi connectivity index (χ1) is 7.99. The molecule has 0 bridgehead atoms. The van der Waals surface area contributed by atoms with Crippen LogP contribution < -0.4 is 5.56 Å². The predicted octanol–water partition coefficient (Wildman–Crippen LogP) is 1.97. The van der Waals surface area contributed by atoms with Gasteiger partial charge in [-0.3, -0.25) is 9.36 Å². The van der Waals surface area contributed by atoms with Crippen molar-refractivity contribution in [2.75, 3.05) is 0 Å². The van der Waals surface area contributed by atoms with Crippen LogP contribution in [0, 0.1) is 20.8 Å². The summed E-state index contributed by atoms with van der Waals surface area (Å²) in [6.07, 6.45) is 1.50. The van der Waals surface area contributed by atoms with Gasteiger partial charge in [-0.05, 0) is 36.7 Å². The predicted molar refractivity (Wildman–Crippen MR) is 66.0 cm³/mol. The van der Waals surface area contributed by atoms with E-state index in [0.29, 0.717) is 22.6 Å². The van der Waals surface area contributed by atoms with Crippen LogP contribution in [0.4, 0.5) is 0 Å². The normalized spacial score (nSPS) is 10.8. The van der Waals surface area contributed by atoms with Crippen molar-refractivity contribution in [3.05, 3.63) is 44.2 Å². The van der Waals surface area contributed by atoms with Gasteiger partial charge < -0.3 is 4.42 Å². The number of aromatic nitrogens is 3.